The second-order valence-electron chi connectivity index (χ2n) is 8.07. The molecule has 0 amide bonds. The van der Waals surface area contributed by atoms with Gasteiger partial charge in [0.15, 0.2) is 5.69 Å². The van der Waals surface area contributed by atoms with Gasteiger partial charge in [-0.3, -0.25) is 0 Å². The van der Waals surface area contributed by atoms with E-state index in [2.05, 4.69) is 26.2 Å². The van der Waals surface area contributed by atoms with Crippen molar-refractivity contribution in [1.29, 1.82) is 0 Å². The minimum atomic E-state index is -0.727. The van der Waals surface area contributed by atoms with Gasteiger partial charge >= 0.3 is 11.9 Å². The Morgan fingerprint density at radius 1 is 0.963 bits per heavy atom. The molecule has 0 atom stereocenters. The third-order valence-corrected chi connectivity index (χ3v) is 3.69. The molecular weight excluding hydrogens is 414 g/mol. The monoisotopic (exact) mass is 437 g/mol. The molecule has 1 aromatic heterocycles. The first-order chi connectivity index (χ1) is 12.4. The van der Waals surface area contributed by atoms with Gasteiger partial charge in [-0.25, -0.2) is 14.3 Å². The lowest BCUT2D eigenvalue weighted by molar-refractivity contribution is 0.000761. The maximum atomic E-state index is 12.7. The van der Waals surface area contributed by atoms with E-state index in [0.717, 1.165) is 10.0 Å². The summed E-state index contributed by atoms with van der Waals surface area (Å²) in [6, 6.07) is 7.54. The van der Waals surface area contributed by atoms with Crippen LogP contribution >= 0.6 is 15.9 Å². The topological polar surface area (TPSA) is 83.3 Å². The molecule has 0 fully saturated rings. The van der Waals surface area contributed by atoms with Crippen LogP contribution in [0.1, 0.15) is 68.1 Å². The van der Waals surface area contributed by atoms with E-state index in [-0.39, 0.29) is 17.9 Å². The minimum absolute atomic E-state index is 0.0258. The van der Waals surface area contributed by atoms with Gasteiger partial charge in [-0.2, -0.15) is 0 Å². The molecular formula is C19H24BrN3O4. The van der Waals surface area contributed by atoms with Crippen molar-refractivity contribution in [2.24, 2.45) is 0 Å². The van der Waals surface area contributed by atoms with Gasteiger partial charge in [-0.05, 0) is 59.2 Å². The molecule has 0 N–H and O–H groups in total. The van der Waals surface area contributed by atoms with E-state index >= 15 is 0 Å². The molecule has 0 spiro atoms. The Morgan fingerprint density at radius 3 is 2.00 bits per heavy atom. The van der Waals surface area contributed by atoms with Crippen LogP contribution in [0.4, 0.5) is 0 Å². The zero-order valence-electron chi connectivity index (χ0n) is 16.4. The quantitative estimate of drug-likeness (QED) is 0.672. The Labute approximate surface area is 167 Å². The lowest BCUT2D eigenvalue weighted by atomic mass is 10.2. The molecule has 0 aliphatic rings. The lowest BCUT2D eigenvalue weighted by Crippen LogP contribution is -2.29. The maximum absolute atomic E-state index is 12.7. The molecule has 0 bridgehead atoms. The predicted molar refractivity (Wildman–Crippen MR) is 104 cm³/mol. The van der Waals surface area contributed by atoms with Gasteiger partial charge in [0, 0.05) is 4.47 Å². The Bertz CT molecular complexity index is 830. The van der Waals surface area contributed by atoms with Gasteiger partial charge in [0.1, 0.15) is 11.2 Å². The van der Waals surface area contributed by atoms with Crippen molar-refractivity contribution in [3.8, 4) is 0 Å². The van der Waals surface area contributed by atoms with Crippen LogP contribution in [0, 0.1) is 0 Å². The van der Waals surface area contributed by atoms with Crippen LogP contribution in [-0.2, 0) is 16.0 Å². The van der Waals surface area contributed by atoms with E-state index in [0.29, 0.717) is 0 Å². The fourth-order valence-electron chi connectivity index (χ4n) is 2.18. The number of benzene rings is 1. The number of ether oxygens (including phenoxy) is 2. The number of aromatic nitrogens is 3. The first-order valence-electron chi connectivity index (χ1n) is 8.50. The van der Waals surface area contributed by atoms with Gasteiger partial charge in [0.2, 0.25) is 5.69 Å². The predicted octanol–water partition coefficient (Wildman–Crippen LogP) is 4.00. The van der Waals surface area contributed by atoms with Gasteiger partial charge in [-0.15, -0.1) is 5.10 Å². The van der Waals surface area contributed by atoms with Crippen molar-refractivity contribution >= 4 is 27.9 Å². The highest BCUT2D eigenvalue weighted by Crippen LogP contribution is 2.19. The standard InChI is InChI=1S/C19H24BrN3O4/c1-18(2,3)26-16(24)14-15(17(25)27-19(4,5)6)23(22-21-14)11-12-7-9-13(20)10-8-12/h7-10H,11H2,1-6H3. The second kappa shape index (κ2) is 7.80. The summed E-state index contributed by atoms with van der Waals surface area (Å²) in [7, 11) is 0. The van der Waals surface area contributed by atoms with Crippen LogP contribution in [0.3, 0.4) is 0 Å². The summed E-state index contributed by atoms with van der Waals surface area (Å²) < 4.78 is 13.1. The molecule has 7 nitrogen and oxygen atoms in total. The van der Waals surface area contributed by atoms with Gasteiger partial charge in [-0.1, -0.05) is 33.3 Å². The molecule has 0 unspecified atom stereocenters. The number of nitrogens with zero attached hydrogens (tertiary/aromatic N) is 3. The number of hydrogen-bond acceptors (Lipinski definition) is 6. The fourth-order valence-corrected chi connectivity index (χ4v) is 2.44. The molecule has 0 saturated heterocycles. The summed E-state index contributed by atoms with van der Waals surface area (Å²) in [6.45, 7) is 10.7. The molecule has 27 heavy (non-hydrogen) atoms. The first-order valence-corrected chi connectivity index (χ1v) is 9.30. The van der Waals surface area contributed by atoms with Crippen LogP contribution in [-0.4, -0.2) is 38.1 Å². The number of halogens is 1. The third-order valence-electron chi connectivity index (χ3n) is 3.17. The van der Waals surface area contributed by atoms with Crippen molar-refractivity contribution in [1.82, 2.24) is 15.0 Å². The zero-order valence-corrected chi connectivity index (χ0v) is 18.0. The van der Waals surface area contributed by atoms with Crippen molar-refractivity contribution in [2.45, 2.75) is 59.3 Å². The summed E-state index contributed by atoms with van der Waals surface area (Å²) in [5.74, 6) is -1.39. The number of rotatable bonds is 4. The Hall–Kier alpha value is -2.22. The zero-order chi connectivity index (χ0) is 20.4. The van der Waals surface area contributed by atoms with Crippen LogP contribution in [0.25, 0.3) is 0 Å². The van der Waals surface area contributed by atoms with Crippen LogP contribution in [0.2, 0.25) is 0 Å². The molecule has 146 valence electrons. The molecule has 2 aromatic rings. The summed E-state index contributed by atoms with van der Waals surface area (Å²) >= 11 is 3.38. The van der Waals surface area contributed by atoms with Gasteiger partial charge in [0.25, 0.3) is 0 Å². The number of esters is 2. The Morgan fingerprint density at radius 2 is 1.48 bits per heavy atom. The summed E-state index contributed by atoms with van der Waals surface area (Å²) in [6.07, 6.45) is 0. The van der Waals surface area contributed by atoms with Crippen LogP contribution < -0.4 is 0 Å². The van der Waals surface area contributed by atoms with Crippen molar-refractivity contribution in [3.05, 3.63) is 45.7 Å². The smallest absolute Gasteiger partial charge is 0.362 e. The van der Waals surface area contributed by atoms with Crippen molar-refractivity contribution in [2.75, 3.05) is 0 Å². The average molecular weight is 438 g/mol. The van der Waals surface area contributed by atoms with Crippen LogP contribution in [0.15, 0.2) is 28.7 Å². The molecule has 0 saturated carbocycles. The van der Waals surface area contributed by atoms with E-state index in [1.54, 1.807) is 41.5 Å². The summed E-state index contributed by atoms with van der Waals surface area (Å²) in [5.41, 5.74) is -0.741. The molecule has 2 rings (SSSR count). The number of hydrogen-bond donors (Lipinski definition) is 0. The summed E-state index contributed by atoms with van der Waals surface area (Å²) in [5, 5.41) is 7.88. The molecule has 0 aliphatic heterocycles. The molecule has 1 heterocycles. The van der Waals surface area contributed by atoms with Crippen molar-refractivity contribution in [3.63, 3.8) is 0 Å². The fraction of sp³-hybridized carbons (Fsp3) is 0.474. The average Bonchev–Trinajstić information content (AvgIpc) is 2.90. The Balaban J connectivity index is 2.42. The van der Waals surface area contributed by atoms with E-state index in [1.165, 1.54) is 4.68 Å². The Kier molecular flexibility index (Phi) is 6.09. The van der Waals surface area contributed by atoms with E-state index < -0.39 is 23.1 Å². The second-order valence-corrected chi connectivity index (χ2v) is 8.99. The maximum Gasteiger partial charge on any atom is 0.362 e. The molecule has 0 radical (unpaired) electrons. The highest BCUT2D eigenvalue weighted by atomic mass is 79.9. The largest absolute Gasteiger partial charge is 0.455 e. The van der Waals surface area contributed by atoms with E-state index in [9.17, 15) is 9.59 Å². The minimum Gasteiger partial charge on any atom is -0.455 e. The highest BCUT2D eigenvalue weighted by molar-refractivity contribution is 9.10. The van der Waals surface area contributed by atoms with Crippen LogP contribution in [0.5, 0.6) is 0 Å². The first kappa shape index (κ1) is 21.1. The van der Waals surface area contributed by atoms with Crippen molar-refractivity contribution < 1.29 is 19.1 Å². The SMILES string of the molecule is CC(C)(C)OC(=O)c1nnn(Cc2ccc(Br)cc2)c1C(=O)OC(C)(C)C. The number of carbonyl (C=O) groups excluding carboxylic acids is 2. The lowest BCUT2D eigenvalue weighted by Gasteiger charge is -2.21. The van der Waals surface area contributed by atoms with E-state index in [4.69, 9.17) is 9.47 Å². The third kappa shape index (κ3) is 6.16. The number of carbonyl (C=O) groups is 2. The summed E-state index contributed by atoms with van der Waals surface area (Å²) in [4.78, 5) is 25.2. The molecule has 1 aromatic carbocycles. The molecule has 8 heteroatoms. The van der Waals surface area contributed by atoms with Gasteiger partial charge in [0.05, 0.1) is 6.54 Å². The highest BCUT2D eigenvalue weighted by Gasteiger charge is 2.32. The normalized spacial score (nSPS) is 12.0. The van der Waals surface area contributed by atoms with E-state index in [1.807, 2.05) is 24.3 Å². The molecule has 0 aliphatic carbocycles. The van der Waals surface area contributed by atoms with Gasteiger partial charge < -0.3 is 9.47 Å².